The number of hydrogen-bond acceptors (Lipinski definition) is 2. The summed E-state index contributed by atoms with van der Waals surface area (Å²) in [5.41, 5.74) is 0. The van der Waals surface area contributed by atoms with E-state index in [1.807, 2.05) is 24.3 Å². The van der Waals surface area contributed by atoms with Crippen molar-refractivity contribution in [2.24, 2.45) is 5.92 Å². The zero-order chi connectivity index (χ0) is 12.1. The first-order valence-electron chi connectivity index (χ1n) is 6.30. The summed E-state index contributed by atoms with van der Waals surface area (Å²) in [4.78, 5) is 1.18. The van der Waals surface area contributed by atoms with Gasteiger partial charge in [-0.15, -0.1) is 11.8 Å². The first kappa shape index (κ1) is 13.3. The molecule has 1 fully saturated rings. The molecule has 0 aromatic heterocycles. The third-order valence-corrected chi connectivity index (χ3v) is 4.75. The van der Waals surface area contributed by atoms with Gasteiger partial charge in [-0.1, -0.05) is 37.3 Å². The molecule has 0 saturated heterocycles. The van der Waals surface area contributed by atoms with Crippen LogP contribution in [0.1, 0.15) is 32.1 Å². The van der Waals surface area contributed by atoms with Gasteiger partial charge in [0.15, 0.2) is 0 Å². The summed E-state index contributed by atoms with van der Waals surface area (Å²) in [6, 6.07) is 7.81. The van der Waals surface area contributed by atoms with Gasteiger partial charge in [0.2, 0.25) is 0 Å². The molecule has 1 unspecified atom stereocenters. The summed E-state index contributed by atoms with van der Waals surface area (Å²) in [6.07, 6.45) is 6.12. The van der Waals surface area contributed by atoms with Crippen LogP contribution in [0.2, 0.25) is 5.02 Å². The van der Waals surface area contributed by atoms with Gasteiger partial charge in [-0.25, -0.2) is 0 Å². The molecule has 0 heterocycles. The van der Waals surface area contributed by atoms with Crippen LogP contribution in [-0.4, -0.2) is 17.0 Å². The summed E-state index contributed by atoms with van der Waals surface area (Å²) >= 11 is 7.54. The van der Waals surface area contributed by atoms with Crippen molar-refractivity contribution in [1.82, 2.24) is 0 Å². The molecule has 0 bridgehead atoms. The molecular weight excluding hydrogens is 252 g/mol. The summed E-state index contributed by atoms with van der Waals surface area (Å²) in [6.45, 7) is 0. The Labute approximate surface area is 113 Å². The molecule has 1 atom stereocenters. The lowest BCUT2D eigenvalue weighted by Crippen LogP contribution is -2.14. The molecule has 0 amide bonds. The summed E-state index contributed by atoms with van der Waals surface area (Å²) in [7, 11) is 0. The number of aliphatic hydroxyl groups is 1. The molecule has 1 aliphatic rings. The second-order valence-corrected chi connectivity index (χ2v) is 6.33. The average Bonchev–Trinajstić information content (AvgIpc) is 2.81. The maximum Gasteiger partial charge on any atom is 0.0636 e. The van der Waals surface area contributed by atoms with Crippen LogP contribution in [-0.2, 0) is 0 Å². The fourth-order valence-corrected chi connectivity index (χ4v) is 3.40. The van der Waals surface area contributed by atoms with Gasteiger partial charge in [-0.05, 0) is 36.6 Å². The van der Waals surface area contributed by atoms with Crippen molar-refractivity contribution in [1.29, 1.82) is 0 Å². The first-order chi connectivity index (χ1) is 8.24. The second-order valence-electron chi connectivity index (χ2n) is 4.80. The number of rotatable bonds is 5. The van der Waals surface area contributed by atoms with Crippen molar-refractivity contribution in [3.63, 3.8) is 0 Å². The lowest BCUT2D eigenvalue weighted by Gasteiger charge is -2.14. The SMILES string of the molecule is OC(CSc1ccc(Cl)cc1)CC1CCCC1. The number of hydrogen-bond donors (Lipinski definition) is 1. The van der Waals surface area contributed by atoms with Gasteiger partial charge < -0.3 is 5.11 Å². The normalized spacial score (nSPS) is 18.5. The van der Waals surface area contributed by atoms with E-state index in [0.717, 1.165) is 23.1 Å². The van der Waals surface area contributed by atoms with E-state index in [9.17, 15) is 5.11 Å². The van der Waals surface area contributed by atoms with Crippen molar-refractivity contribution >= 4 is 23.4 Å². The summed E-state index contributed by atoms with van der Waals surface area (Å²) < 4.78 is 0. The number of halogens is 1. The molecule has 0 radical (unpaired) electrons. The van der Waals surface area contributed by atoms with Crippen LogP contribution in [0.25, 0.3) is 0 Å². The van der Waals surface area contributed by atoms with Crippen LogP contribution in [0.3, 0.4) is 0 Å². The molecule has 17 heavy (non-hydrogen) atoms. The molecule has 1 nitrogen and oxygen atoms in total. The third-order valence-electron chi connectivity index (χ3n) is 3.34. The molecule has 1 aromatic carbocycles. The molecule has 1 aliphatic carbocycles. The Bertz CT molecular complexity index is 333. The van der Waals surface area contributed by atoms with E-state index in [1.54, 1.807) is 11.8 Å². The van der Waals surface area contributed by atoms with Gasteiger partial charge in [0.05, 0.1) is 6.10 Å². The number of aliphatic hydroxyl groups excluding tert-OH is 1. The minimum Gasteiger partial charge on any atom is -0.392 e. The van der Waals surface area contributed by atoms with Crippen LogP contribution < -0.4 is 0 Å². The standard InChI is InChI=1S/C14H19ClOS/c15-12-5-7-14(8-6-12)17-10-13(16)9-11-3-1-2-4-11/h5-8,11,13,16H,1-4,9-10H2. The molecule has 1 aromatic rings. The molecule has 94 valence electrons. The van der Waals surface area contributed by atoms with E-state index in [0.29, 0.717) is 0 Å². The van der Waals surface area contributed by atoms with E-state index in [4.69, 9.17) is 11.6 Å². The first-order valence-corrected chi connectivity index (χ1v) is 7.67. The monoisotopic (exact) mass is 270 g/mol. The highest BCUT2D eigenvalue weighted by Crippen LogP contribution is 2.30. The van der Waals surface area contributed by atoms with Crippen molar-refractivity contribution in [2.45, 2.75) is 43.1 Å². The molecule has 1 saturated carbocycles. The smallest absolute Gasteiger partial charge is 0.0636 e. The van der Waals surface area contributed by atoms with Gasteiger partial charge >= 0.3 is 0 Å². The molecular formula is C14H19ClOS. The highest BCUT2D eigenvalue weighted by atomic mass is 35.5. The van der Waals surface area contributed by atoms with Crippen LogP contribution in [0, 0.1) is 5.92 Å². The highest BCUT2D eigenvalue weighted by Gasteiger charge is 2.18. The van der Waals surface area contributed by atoms with E-state index < -0.39 is 0 Å². The maximum atomic E-state index is 9.98. The minimum atomic E-state index is -0.168. The Morgan fingerprint density at radius 2 is 1.88 bits per heavy atom. The number of thioether (sulfide) groups is 1. The Balaban J connectivity index is 1.71. The third kappa shape index (κ3) is 4.53. The van der Waals surface area contributed by atoms with Crippen LogP contribution in [0.15, 0.2) is 29.2 Å². The minimum absolute atomic E-state index is 0.168. The molecule has 0 spiro atoms. The van der Waals surface area contributed by atoms with Gasteiger partial charge in [-0.2, -0.15) is 0 Å². The fraction of sp³-hybridized carbons (Fsp3) is 0.571. The van der Waals surface area contributed by atoms with Gasteiger partial charge in [-0.3, -0.25) is 0 Å². The van der Waals surface area contributed by atoms with Crippen LogP contribution in [0.4, 0.5) is 0 Å². The van der Waals surface area contributed by atoms with Crippen molar-refractivity contribution in [3.05, 3.63) is 29.3 Å². The molecule has 2 rings (SSSR count). The lowest BCUT2D eigenvalue weighted by atomic mass is 10.0. The van der Waals surface area contributed by atoms with Crippen molar-refractivity contribution in [2.75, 3.05) is 5.75 Å². The Morgan fingerprint density at radius 3 is 2.53 bits per heavy atom. The Morgan fingerprint density at radius 1 is 1.24 bits per heavy atom. The average molecular weight is 271 g/mol. The predicted molar refractivity (Wildman–Crippen MR) is 74.8 cm³/mol. The van der Waals surface area contributed by atoms with E-state index in [-0.39, 0.29) is 6.10 Å². The lowest BCUT2D eigenvalue weighted by molar-refractivity contribution is 0.166. The highest BCUT2D eigenvalue weighted by molar-refractivity contribution is 7.99. The number of benzene rings is 1. The molecule has 0 aliphatic heterocycles. The van der Waals surface area contributed by atoms with Crippen LogP contribution in [0.5, 0.6) is 0 Å². The zero-order valence-electron chi connectivity index (χ0n) is 9.94. The maximum absolute atomic E-state index is 9.98. The van der Waals surface area contributed by atoms with E-state index >= 15 is 0 Å². The van der Waals surface area contributed by atoms with Gasteiger partial charge in [0.1, 0.15) is 0 Å². The Kier molecular flexibility index (Phi) is 5.20. The Hall–Kier alpha value is -0.180. The summed E-state index contributed by atoms with van der Waals surface area (Å²) in [5, 5.41) is 10.7. The second kappa shape index (κ2) is 6.67. The fourth-order valence-electron chi connectivity index (χ4n) is 2.42. The summed E-state index contributed by atoms with van der Waals surface area (Å²) in [5.74, 6) is 1.55. The molecule has 1 N–H and O–H groups in total. The largest absolute Gasteiger partial charge is 0.392 e. The molecule has 3 heteroatoms. The van der Waals surface area contributed by atoms with Crippen molar-refractivity contribution in [3.8, 4) is 0 Å². The quantitative estimate of drug-likeness (QED) is 0.802. The van der Waals surface area contributed by atoms with E-state index in [2.05, 4.69) is 0 Å². The van der Waals surface area contributed by atoms with Gasteiger partial charge in [0.25, 0.3) is 0 Å². The topological polar surface area (TPSA) is 20.2 Å². The van der Waals surface area contributed by atoms with Crippen molar-refractivity contribution < 1.29 is 5.11 Å². The van der Waals surface area contributed by atoms with Crippen LogP contribution >= 0.6 is 23.4 Å². The predicted octanol–water partition coefficient (Wildman–Crippen LogP) is 4.37. The van der Waals surface area contributed by atoms with Gasteiger partial charge in [0, 0.05) is 15.7 Å². The zero-order valence-corrected chi connectivity index (χ0v) is 11.5. The van der Waals surface area contributed by atoms with E-state index in [1.165, 1.54) is 30.6 Å².